The normalized spacial score (nSPS) is 17.7. The Morgan fingerprint density at radius 2 is 1.92 bits per heavy atom. The molecule has 1 aromatic carbocycles. The molecule has 0 spiro atoms. The lowest BCUT2D eigenvalue weighted by Gasteiger charge is -2.35. The topological polar surface area (TPSA) is 42.3 Å². The number of pyridine rings is 1. The number of rotatable bonds is 4. The molecule has 1 aromatic heterocycles. The van der Waals surface area contributed by atoms with E-state index in [0.29, 0.717) is 6.54 Å². The quantitative estimate of drug-likeness (QED) is 0.866. The maximum Gasteiger partial charge on any atom is 0.263 e. The fourth-order valence-corrected chi connectivity index (χ4v) is 3.45. The second kappa shape index (κ2) is 7.47. The lowest BCUT2D eigenvalue weighted by atomic mass is 9.99. The number of hydrogen-bond donors (Lipinski definition) is 0. The number of carbonyl (C=O) groups excluding carboxylic acids is 1. The highest BCUT2D eigenvalue weighted by Gasteiger charge is 2.27. The summed E-state index contributed by atoms with van der Waals surface area (Å²) in [5.41, 5.74) is 1.13. The van der Waals surface area contributed by atoms with Crippen molar-refractivity contribution in [3.8, 4) is 0 Å². The number of amides is 1. The first-order chi connectivity index (χ1) is 11.7. The number of benzene rings is 1. The van der Waals surface area contributed by atoms with Crippen molar-refractivity contribution < 1.29 is 4.79 Å². The Kier molecular flexibility index (Phi) is 5.14. The van der Waals surface area contributed by atoms with Gasteiger partial charge in [0.05, 0.1) is 6.54 Å². The van der Waals surface area contributed by atoms with E-state index in [-0.39, 0.29) is 23.1 Å². The summed E-state index contributed by atoms with van der Waals surface area (Å²) in [6, 6.07) is 13.5. The van der Waals surface area contributed by atoms with Crippen LogP contribution in [0, 0.1) is 0 Å². The first-order valence-electron chi connectivity index (χ1n) is 8.75. The van der Waals surface area contributed by atoms with Gasteiger partial charge in [-0.15, -0.1) is 0 Å². The van der Waals surface area contributed by atoms with Crippen LogP contribution in [0.3, 0.4) is 0 Å². The van der Waals surface area contributed by atoms with Crippen LogP contribution in [0.5, 0.6) is 0 Å². The van der Waals surface area contributed by atoms with Gasteiger partial charge < -0.3 is 9.47 Å². The molecule has 1 amide bonds. The third kappa shape index (κ3) is 3.42. The summed E-state index contributed by atoms with van der Waals surface area (Å²) in [4.78, 5) is 27.6. The average Bonchev–Trinajstić information content (AvgIpc) is 2.64. The lowest BCUT2D eigenvalue weighted by Crippen LogP contribution is -2.45. The maximum atomic E-state index is 12.9. The van der Waals surface area contributed by atoms with Crippen molar-refractivity contribution in [2.45, 2.75) is 45.2 Å². The van der Waals surface area contributed by atoms with E-state index in [2.05, 4.69) is 6.92 Å². The number of likely N-dealkylation sites (tertiary alicyclic amines) is 1. The van der Waals surface area contributed by atoms with Gasteiger partial charge in [-0.1, -0.05) is 37.3 Å². The van der Waals surface area contributed by atoms with Crippen molar-refractivity contribution in [1.82, 2.24) is 9.47 Å². The van der Waals surface area contributed by atoms with Gasteiger partial charge in [-0.3, -0.25) is 9.59 Å². The van der Waals surface area contributed by atoms with Gasteiger partial charge in [0.15, 0.2) is 0 Å². The molecule has 1 aliphatic rings. The molecule has 0 unspecified atom stereocenters. The van der Waals surface area contributed by atoms with E-state index in [9.17, 15) is 9.59 Å². The zero-order valence-corrected chi connectivity index (χ0v) is 14.1. The molecular formula is C20H24N2O2. The van der Waals surface area contributed by atoms with E-state index in [0.717, 1.165) is 37.8 Å². The van der Waals surface area contributed by atoms with Crippen LogP contribution in [0.15, 0.2) is 53.5 Å². The fraction of sp³-hybridized carbons (Fsp3) is 0.400. The van der Waals surface area contributed by atoms with Crippen LogP contribution in [0.2, 0.25) is 0 Å². The number of piperidine rings is 1. The average molecular weight is 324 g/mol. The van der Waals surface area contributed by atoms with Crippen molar-refractivity contribution in [3.05, 3.63) is 70.1 Å². The Labute approximate surface area is 142 Å². The Morgan fingerprint density at radius 3 is 2.67 bits per heavy atom. The Hall–Kier alpha value is -2.36. The van der Waals surface area contributed by atoms with Crippen LogP contribution in [0.1, 0.15) is 48.5 Å². The van der Waals surface area contributed by atoms with Crippen LogP contribution < -0.4 is 5.56 Å². The molecule has 1 fully saturated rings. The standard InChI is InChI=1S/C20H24N2O2/c1-2-17-11-6-7-14-22(17)20(24)18-12-8-13-21(19(18)23)15-16-9-4-3-5-10-16/h3-5,8-10,12-13,17H,2,6-7,11,14-15H2,1H3/t17-/m1/s1. The number of aromatic nitrogens is 1. The maximum absolute atomic E-state index is 12.9. The minimum absolute atomic E-state index is 0.117. The van der Waals surface area contributed by atoms with Crippen molar-refractivity contribution in [2.75, 3.05) is 6.54 Å². The van der Waals surface area contributed by atoms with Crippen LogP contribution in [0.25, 0.3) is 0 Å². The molecule has 1 aliphatic heterocycles. The van der Waals surface area contributed by atoms with Crippen molar-refractivity contribution in [3.63, 3.8) is 0 Å². The monoisotopic (exact) mass is 324 g/mol. The molecule has 1 atom stereocenters. The van der Waals surface area contributed by atoms with E-state index >= 15 is 0 Å². The molecule has 0 bridgehead atoms. The molecule has 2 aromatic rings. The van der Waals surface area contributed by atoms with Gasteiger partial charge in [0.25, 0.3) is 11.5 Å². The van der Waals surface area contributed by atoms with E-state index in [4.69, 9.17) is 0 Å². The highest BCUT2D eigenvalue weighted by molar-refractivity contribution is 5.94. The fourth-order valence-electron chi connectivity index (χ4n) is 3.45. The summed E-state index contributed by atoms with van der Waals surface area (Å²) < 4.78 is 1.62. The van der Waals surface area contributed by atoms with Gasteiger partial charge in [0, 0.05) is 18.8 Å². The molecule has 4 heteroatoms. The van der Waals surface area contributed by atoms with Crippen LogP contribution >= 0.6 is 0 Å². The molecule has 0 saturated carbocycles. The molecule has 126 valence electrons. The first-order valence-corrected chi connectivity index (χ1v) is 8.75. The molecule has 3 rings (SSSR count). The van der Waals surface area contributed by atoms with Gasteiger partial charge in [-0.25, -0.2) is 0 Å². The van der Waals surface area contributed by atoms with Gasteiger partial charge in [-0.05, 0) is 43.4 Å². The summed E-state index contributed by atoms with van der Waals surface area (Å²) in [6.07, 6.45) is 5.91. The van der Waals surface area contributed by atoms with Gasteiger partial charge in [0.1, 0.15) is 5.56 Å². The molecule has 0 radical (unpaired) electrons. The van der Waals surface area contributed by atoms with E-state index < -0.39 is 0 Å². The predicted octanol–water partition coefficient (Wildman–Crippen LogP) is 3.30. The smallest absolute Gasteiger partial charge is 0.263 e. The van der Waals surface area contributed by atoms with E-state index in [1.165, 1.54) is 0 Å². The van der Waals surface area contributed by atoms with E-state index in [1.54, 1.807) is 22.9 Å². The van der Waals surface area contributed by atoms with Gasteiger partial charge in [0.2, 0.25) is 0 Å². The SMILES string of the molecule is CC[C@@H]1CCCCN1C(=O)c1cccn(Cc2ccccc2)c1=O. The predicted molar refractivity (Wildman–Crippen MR) is 95.2 cm³/mol. The van der Waals surface area contributed by atoms with Crippen molar-refractivity contribution in [2.24, 2.45) is 0 Å². The Bertz CT molecular complexity index is 752. The van der Waals surface area contributed by atoms with Gasteiger partial charge in [-0.2, -0.15) is 0 Å². The van der Waals surface area contributed by atoms with Crippen LogP contribution in [0.4, 0.5) is 0 Å². The zero-order valence-electron chi connectivity index (χ0n) is 14.1. The van der Waals surface area contributed by atoms with Gasteiger partial charge >= 0.3 is 0 Å². The molecule has 0 N–H and O–H groups in total. The Balaban J connectivity index is 1.87. The highest BCUT2D eigenvalue weighted by atomic mass is 16.2. The number of hydrogen-bond acceptors (Lipinski definition) is 2. The van der Waals surface area contributed by atoms with Crippen molar-refractivity contribution >= 4 is 5.91 Å². The summed E-state index contributed by atoms with van der Waals surface area (Å²) in [5.74, 6) is -0.117. The summed E-state index contributed by atoms with van der Waals surface area (Å²) in [5, 5.41) is 0. The minimum atomic E-state index is -0.202. The number of nitrogens with zero attached hydrogens (tertiary/aromatic N) is 2. The molecule has 24 heavy (non-hydrogen) atoms. The van der Waals surface area contributed by atoms with E-state index in [1.807, 2.05) is 35.2 Å². The molecular weight excluding hydrogens is 300 g/mol. The van der Waals surface area contributed by atoms with Crippen LogP contribution in [-0.2, 0) is 6.54 Å². The summed E-state index contributed by atoms with van der Waals surface area (Å²) in [7, 11) is 0. The van der Waals surface area contributed by atoms with Crippen molar-refractivity contribution in [1.29, 1.82) is 0 Å². The highest BCUT2D eigenvalue weighted by Crippen LogP contribution is 2.21. The van der Waals surface area contributed by atoms with Crippen LogP contribution in [-0.4, -0.2) is 28.0 Å². The third-order valence-electron chi connectivity index (χ3n) is 4.81. The summed E-state index contributed by atoms with van der Waals surface area (Å²) >= 11 is 0. The first kappa shape index (κ1) is 16.5. The minimum Gasteiger partial charge on any atom is -0.336 e. The largest absolute Gasteiger partial charge is 0.336 e. The summed E-state index contributed by atoms with van der Waals surface area (Å²) in [6.45, 7) is 3.34. The second-order valence-corrected chi connectivity index (χ2v) is 6.40. The molecule has 4 nitrogen and oxygen atoms in total. The third-order valence-corrected chi connectivity index (χ3v) is 4.81. The lowest BCUT2D eigenvalue weighted by molar-refractivity contribution is 0.0605. The number of carbonyl (C=O) groups is 1. The second-order valence-electron chi connectivity index (χ2n) is 6.40. The molecule has 2 heterocycles. The molecule has 0 aliphatic carbocycles. The Morgan fingerprint density at radius 1 is 1.12 bits per heavy atom. The zero-order chi connectivity index (χ0) is 16.9. The molecule has 1 saturated heterocycles.